The van der Waals surface area contributed by atoms with Gasteiger partial charge in [-0.15, -0.1) is 0 Å². The fourth-order valence-corrected chi connectivity index (χ4v) is 2.54. The van der Waals surface area contributed by atoms with E-state index in [1.54, 1.807) is 0 Å². The molecule has 1 aromatic carbocycles. The van der Waals surface area contributed by atoms with Crippen molar-refractivity contribution in [1.29, 1.82) is 0 Å². The summed E-state index contributed by atoms with van der Waals surface area (Å²) in [5, 5.41) is 0.731. The van der Waals surface area contributed by atoms with E-state index in [0.717, 1.165) is 47.1 Å². The lowest BCUT2D eigenvalue weighted by Crippen LogP contribution is -2.25. The van der Waals surface area contributed by atoms with E-state index in [9.17, 15) is 0 Å². The van der Waals surface area contributed by atoms with E-state index >= 15 is 0 Å². The molecule has 1 aliphatic heterocycles. The first-order valence-electron chi connectivity index (χ1n) is 6.48. The van der Waals surface area contributed by atoms with Crippen molar-refractivity contribution in [2.45, 2.75) is 27.0 Å². The summed E-state index contributed by atoms with van der Waals surface area (Å²) < 4.78 is 10.9. The van der Waals surface area contributed by atoms with Crippen LogP contribution in [-0.2, 0) is 17.9 Å². The number of hydrogen-bond acceptors (Lipinski definition) is 3. The van der Waals surface area contributed by atoms with Crippen molar-refractivity contribution < 1.29 is 9.47 Å². The number of hydrogen-bond donors (Lipinski definition) is 0. The summed E-state index contributed by atoms with van der Waals surface area (Å²) in [6.45, 7) is 11.7. The molecule has 0 saturated heterocycles. The third-order valence-electron chi connectivity index (χ3n) is 3.09. The van der Waals surface area contributed by atoms with Crippen molar-refractivity contribution in [2.24, 2.45) is 0 Å². The molecule has 3 nitrogen and oxygen atoms in total. The monoisotopic (exact) mass is 281 g/mol. The van der Waals surface area contributed by atoms with Gasteiger partial charge in [0.25, 0.3) is 0 Å². The highest BCUT2D eigenvalue weighted by molar-refractivity contribution is 6.30. The average Bonchev–Trinajstić information content (AvgIpc) is 2.37. The molecule has 0 spiro atoms. The minimum atomic E-state index is 0.314. The Balaban J connectivity index is 2.23. The van der Waals surface area contributed by atoms with Crippen LogP contribution in [0.4, 0.5) is 0 Å². The summed E-state index contributed by atoms with van der Waals surface area (Å²) in [6, 6.07) is 3.89. The first-order valence-corrected chi connectivity index (χ1v) is 6.86. The van der Waals surface area contributed by atoms with Crippen molar-refractivity contribution in [3.8, 4) is 5.75 Å². The van der Waals surface area contributed by atoms with E-state index in [1.165, 1.54) is 0 Å². The first kappa shape index (κ1) is 14.4. The number of benzene rings is 1. The Morgan fingerprint density at radius 2 is 2.26 bits per heavy atom. The standard InChI is InChI=1S/C15H20ClNO2/c1-4-17(7-11(2)3)8-12-5-14(16)6-13-9-18-10-19-15(12)13/h5-6H,2,4,7-10H2,1,3H3. The largest absolute Gasteiger partial charge is 0.467 e. The lowest BCUT2D eigenvalue weighted by atomic mass is 10.1. The maximum atomic E-state index is 6.17. The zero-order chi connectivity index (χ0) is 13.8. The highest BCUT2D eigenvalue weighted by Crippen LogP contribution is 2.32. The van der Waals surface area contributed by atoms with E-state index in [1.807, 2.05) is 19.1 Å². The fourth-order valence-electron chi connectivity index (χ4n) is 2.28. The maximum absolute atomic E-state index is 6.17. The lowest BCUT2D eigenvalue weighted by molar-refractivity contribution is -0.0174. The van der Waals surface area contributed by atoms with Crippen LogP contribution in [0, 0.1) is 0 Å². The highest BCUT2D eigenvalue weighted by atomic mass is 35.5. The molecule has 19 heavy (non-hydrogen) atoms. The molecule has 104 valence electrons. The average molecular weight is 282 g/mol. The molecule has 0 radical (unpaired) electrons. The summed E-state index contributed by atoms with van der Waals surface area (Å²) in [4.78, 5) is 2.31. The number of fused-ring (bicyclic) bond motifs is 1. The summed E-state index contributed by atoms with van der Waals surface area (Å²) in [6.07, 6.45) is 0. The SMILES string of the molecule is C=C(C)CN(CC)Cc1cc(Cl)cc2c1OCOC2. The van der Waals surface area contributed by atoms with Crippen LogP contribution >= 0.6 is 11.6 Å². The van der Waals surface area contributed by atoms with Gasteiger partial charge in [0.2, 0.25) is 0 Å². The third kappa shape index (κ3) is 3.72. The van der Waals surface area contributed by atoms with Crippen LogP contribution in [0.3, 0.4) is 0 Å². The molecule has 0 N–H and O–H groups in total. The predicted octanol–water partition coefficient (Wildman–Crippen LogP) is 3.60. The van der Waals surface area contributed by atoms with Gasteiger partial charge in [-0.05, 0) is 25.6 Å². The molecule has 0 bridgehead atoms. The van der Waals surface area contributed by atoms with Gasteiger partial charge in [-0.3, -0.25) is 4.90 Å². The Morgan fingerprint density at radius 3 is 2.95 bits per heavy atom. The van der Waals surface area contributed by atoms with E-state index < -0.39 is 0 Å². The van der Waals surface area contributed by atoms with Gasteiger partial charge in [-0.1, -0.05) is 30.7 Å². The number of rotatable bonds is 5. The zero-order valence-corrected chi connectivity index (χ0v) is 12.3. The quantitative estimate of drug-likeness (QED) is 0.770. The van der Waals surface area contributed by atoms with Gasteiger partial charge >= 0.3 is 0 Å². The third-order valence-corrected chi connectivity index (χ3v) is 3.30. The van der Waals surface area contributed by atoms with Gasteiger partial charge in [0.1, 0.15) is 5.75 Å². The predicted molar refractivity (Wildman–Crippen MR) is 77.5 cm³/mol. The minimum absolute atomic E-state index is 0.314. The molecule has 2 rings (SSSR count). The number of ether oxygens (including phenoxy) is 2. The Bertz CT molecular complexity index is 473. The molecule has 4 heteroatoms. The van der Waals surface area contributed by atoms with Gasteiger partial charge in [0, 0.05) is 29.2 Å². The van der Waals surface area contributed by atoms with Gasteiger partial charge in [0.15, 0.2) is 6.79 Å². The summed E-state index contributed by atoms with van der Waals surface area (Å²) >= 11 is 6.17. The Hall–Kier alpha value is -1.03. The van der Waals surface area contributed by atoms with Crippen molar-refractivity contribution in [3.05, 3.63) is 40.4 Å². The first-order chi connectivity index (χ1) is 9.10. The van der Waals surface area contributed by atoms with Crippen molar-refractivity contribution >= 4 is 11.6 Å². The van der Waals surface area contributed by atoms with Crippen LogP contribution < -0.4 is 4.74 Å². The van der Waals surface area contributed by atoms with E-state index in [0.29, 0.717) is 13.4 Å². The number of halogens is 1. The fraction of sp³-hybridized carbons (Fsp3) is 0.467. The molecule has 0 aromatic heterocycles. The van der Waals surface area contributed by atoms with Crippen LogP contribution in [0.5, 0.6) is 5.75 Å². The Morgan fingerprint density at radius 1 is 1.47 bits per heavy atom. The lowest BCUT2D eigenvalue weighted by Gasteiger charge is -2.25. The summed E-state index contributed by atoms with van der Waals surface area (Å²) in [5.41, 5.74) is 3.30. The molecule has 0 amide bonds. The molecule has 1 heterocycles. The minimum Gasteiger partial charge on any atom is -0.467 e. The summed E-state index contributed by atoms with van der Waals surface area (Å²) in [5.74, 6) is 0.927. The molecule has 0 fully saturated rings. The van der Waals surface area contributed by atoms with Crippen molar-refractivity contribution in [2.75, 3.05) is 19.9 Å². The van der Waals surface area contributed by atoms with Crippen LogP contribution in [-0.4, -0.2) is 24.8 Å². The smallest absolute Gasteiger partial charge is 0.189 e. The molecular weight excluding hydrogens is 262 g/mol. The Labute approximate surface area is 119 Å². The highest BCUT2D eigenvalue weighted by Gasteiger charge is 2.17. The van der Waals surface area contributed by atoms with Crippen LogP contribution in [0.2, 0.25) is 5.02 Å². The number of likely N-dealkylation sites (N-methyl/N-ethyl adjacent to an activating group) is 1. The van der Waals surface area contributed by atoms with Crippen LogP contribution in [0.25, 0.3) is 0 Å². The topological polar surface area (TPSA) is 21.7 Å². The maximum Gasteiger partial charge on any atom is 0.189 e. The zero-order valence-electron chi connectivity index (χ0n) is 11.5. The second-order valence-corrected chi connectivity index (χ2v) is 5.36. The van der Waals surface area contributed by atoms with E-state index in [-0.39, 0.29) is 0 Å². The second kappa shape index (κ2) is 6.42. The van der Waals surface area contributed by atoms with Gasteiger partial charge in [-0.2, -0.15) is 0 Å². The molecular formula is C15H20ClNO2. The number of nitrogens with zero attached hydrogens (tertiary/aromatic N) is 1. The molecule has 0 saturated carbocycles. The van der Waals surface area contributed by atoms with Crippen LogP contribution in [0.15, 0.2) is 24.3 Å². The van der Waals surface area contributed by atoms with Crippen molar-refractivity contribution in [3.63, 3.8) is 0 Å². The molecule has 0 unspecified atom stereocenters. The molecule has 1 aliphatic rings. The molecule has 0 aliphatic carbocycles. The van der Waals surface area contributed by atoms with Gasteiger partial charge < -0.3 is 9.47 Å². The molecule has 0 atom stereocenters. The normalized spacial score (nSPS) is 14.1. The molecule has 1 aromatic rings. The van der Waals surface area contributed by atoms with Crippen molar-refractivity contribution in [1.82, 2.24) is 4.90 Å². The second-order valence-electron chi connectivity index (χ2n) is 4.92. The van der Waals surface area contributed by atoms with E-state index in [4.69, 9.17) is 21.1 Å². The van der Waals surface area contributed by atoms with Crippen LogP contribution in [0.1, 0.15) is 25.0 Å². The van der Waals surface area contributed by atoms with Gasteiger partial charge in [0.05, 0.1) is 6.61 Å². The Kier molecular flexibility index (Phi) is 4.86. The summed E-state index contributed by atoms with van der Waals surface area (Å²) in [7, 11) is 0. The van der Waals surface area contributed by atoms with Gasteiger partial charge in [-0.25, -0.2) is 0 Å². The van der Waals surface area contributed by atoms with E-state index in [2.05, 4.69) is 18.4 Å².